The zero-order chi connectivity index (χ0) is 19.8. The maximum Gasteiger partial charge on any atom is 0.253 e. The fourth-order valence-corrected chi connectivity index (χ4v) is 4.55. The number of nitrogens with one attached hydrogen (secondary N) is 2. The molecule has 0 bridgehead atoms. The number of carbonyl (C=O) groups excluding carboxylic acids is 2. The van der Waals surface area contributed by atoms with Crippen molar-refractivity contribution in [3.05, 3.63) is 65.7 Å². The lowest BCUT2D eigenvalue weighted by molar-refractivity contribution is -0.113. The highest BCUT2D eigenvalue weighted by Gasteiger charge is 2.14. The second-order valence-electron chi connectivity index (χ2n) is 5.59. The van der Waals surface area contributed by atoms with Crippen LogP contribution >= 0.6 is 34.9 Å². The van der Waals surface area contributed by atoms with Crippen LogP contribution in [-0.4, -0.2) is 34.0 Å². The van der Waals surface area contributed by atoms with Gasteiger partial charge in [-0.2, -0.15) is 0 Å². The molecule has 0 aliphatic rings. The van der Waals surface area contributed by atoms with Gasteiger partial charge in [0, 0.05) is 6.54 Å². The largest absolute Gasteiger partial charge is 0.348 e. The summed E-state index contributed by atoms with van der Waals surface area (Å²) in [5.41, 5.74) is 1.92. The van der Waals surface area contributed by atoms with Gasteiger partial charge in [0.25, 0.3) is 5.91 Å². The van der Waals surface area contributed by atoms with Crippen LogP contribution in [0.15, 0.2) is 63.3 Å². The minimum Gasteiger partial charge on any atom is -0.348 e. The average Bonchev–Trinajstić information content (AvgIpc) is 3.20. The van der Waals surface area contributed by atoms with Gasteiger partial charge in [-0.3, -0.25) is 9.59 Å². The van der Waals surface area contributed by atoms with Crippen molar-refractivity contribution >= 4 is 52.4 Å². The van der Waals surface area contributed by atoms with E-state index in [9.17, 15) is 9.59 Å². The number of hydrogen-bond donors (Lipinski definition) is 2. The zero-order valence-electron chi connectivity index (χ0n) is 15.0. The van der Waals surface area contributed by atoms with E-state index in [0.29, 0.717) is 17.8 Å². The Balaban J connectivity index is 1.57. The molecule has 144 valence electrons. The molecular formula is C19H18N4O2S3. The summed E-state index contributed by atoms with van der Waals surface area (Å²) in [7, 11) is 0. The number of benzene rings is 2. The molecule has 2 aromatic carbocycles. The fraction of sp³-hybridized carbons (Fsp3) is 0.158. The predicted octanol–water partition coefficient (Wildman–Crippen LogP) is 3.92. The zero-order valence-corrected chi connectivity index (χ0v) is 17.5. The molecule has 1 heterocycles. The summed E-state index contributed by atoms with van der Waals surface area (Å²) in [6, 6.07) is 16.6. The Morgan fingerprint density at radius 1 is 1.00 bits per heavy atom. The van der Waals surface area contributed by atoms with Gasteiger partial charge in [0.2, 0.25) is 5.91 Å². The summed E-state index contributed by atoms with van der Waals surface area (Å²) in [5.74, 6) is -0.237. The topological polar surface area (TPSA) is 84.0 Å². The van der Waals surface area contributed by atoms with Crippen LogP contribution in [0.3, 0.4) is 0 Å². The van der Waals surface area contributed by atoms with Crippen molar-refractivity contribution < 1.29 is 9.59 Å². The average molecular weight is 431 g/mol. The first-order chi connectivity index (χ1) is 13.7. The molecule has 2 N–H and O–H groups in total. The monoisotopic (exact) mass is 430 g/mol. The summed E-state index contributed by atoms with van der Waals surface area (Å²) in [6.07, 6.45) is 1.93. The van der Waals surface area contributed by atoms with Crippen molar-refractivity contribution in [1.82, 2.24) is 15.5 Å². The summed E-state index contributed by atoms with van der Waals surface area (Å²) in [4.78, 5) is 24.9. The highest BCUT2D eigenvalue weighted by Crippen LogP contribution is 2.27. The Labute approximate surface area is 175 Å². The number of hydrogen-bond acceptors (Lipinski definition) is 7. The molecule has 9 heteroatoms. The summed E-state index contributed by atoms with van der Waals surface area (Å²) in [5, 5.41) is 13.7. The van der Waals surface area contributed by atoms with Gasteiger partial charge in [-0.1, -0.05) is 77.3 Å². The van der Waals surface area contributed by atoms with Crippen LogP contribution in [0.25, 0.3) is 0 Å². The Bertz CT molecular complexity index is 947. The van der Waals surface area contributed by atoms with E-state index in [1.54, 1.807) is 24.3 Å². The standard InChI is InChI=1S/C19H18N4O2S3/c1-26-18-22-23-19(28-18)27-12-16(24)21-15-10-6-5-9-14(15)17(25)20-11-13-7-3-2-4-8-13/h2-10H,11-12H2,1H3,(H,20,25)(H,21,24). The van der Waals surface area contributed by atoms with Crippen LogP contribution in [0.2, 0.25) is 0 Å². The summed E-state index contributed by atoms with van der Waals surface area (Å²) < 4.78 is 1.61. The molecule has 0 unspecified atom stereocenters. The Morgan fingerprint density at radius 3 is 2.46 bits per heavy atom. The van der Waals surface area contributed by atoms with Crippen molar-refractivity contribution in [1.29, 1.82) is 0 Å². The lowest BCUT2D eigenvalue weighted by Crippen LogP contribution is -2.25. The number of nitrogens with zero attached hydrogens (tertiary/aromatic N) is 2. The summed E-state index contributed by atoms with van der Waals surface area (Å²) in [6.45, 7) is 0.423. The molecule has 0 atom stereocenters. The third-order valence-corrected chi connectivity index (χ3v) is 6.66. The molecule has 3 aromatic rings. The summed E-state index contributed by atoms with van der Waals surface area (Å²) >= 11 is 4.30. The molecule has 0 spiro atoms. The molecule has 6 nitrogen and oxygen atoms in total. The molecular weight excluding hydrogens is 412 g/mol. The molecule has 0 aliphatic carbocycles. The Hall–Kier alpha value is -2.36. The normalized spacial score (nSPS) is 10.5. The second-order valence-corrected chi connectivity index (χ2v) is 8.84. The fourth-order valence-electron chi connectivity index (χ4n) is 2.32. The molecule has 0 aliphatic heterocycles. The maximum atomic E-state index is 12.5. The molecule has 1 aromatic heterocycles. The molecule has 0 fully saturated rings. The van der Waals surface area contributed by atoms with Gasteiger partial charge in [0.1, 0.15) is 0 Å². The molecule has 0 saturated carbocycles. The van der Waals surface area contributed by atoms with E-state index >= 15 is 0 Å². The minimum atomic E-state index is -0.235. The minimum absolute atomic E-state index is 0.197. The van der Waals surface area contributed by atoms with E-state index in [0.717, 1.165) is 14.2 Å². The van der Waals surface area contributed by atoms with Crippen LogP contribution in [0.1, 0.15) is 15.9 Å². The number of carbonyl (C=O) groups is 2. The Morgan fingerprint density at radius 2 is 1.71 bits per heavy atom. The predicted molar refractivity (Wildman–Crippen MR) is 115 cm³/mol. The number of thioether (sulfide) groups is 2. The lowest BCUT2D eigenvalue weighted by Gasteiger charge is -2.11. The molecule has 3 rings (SSSR count). The molecule has 0 saturated heterocycles. The third kappa shape index (κ3) is 5.82. The number of anilines is 1. The van der Waals surface area contributed by atoms with Crippen molar-refractivity contribution in [2.45, 2.75) is 15.2 Å². The Kier molecular flexibility index (Phi) is 7.46. The highest BCUT2D eigenvalue weighted by atomic mass is 32.2. The van der Waals surface area contributed by atoms with Gasteiger partial charge < -0.3 is 10.6 Å². The van der Waals surface area contributed by atoms with E-state index in [4.69, 9.17) is 0 Å². The highest BCUT2D eigenvalue weighted by molar-refractivity contribution is 8.03. The van der Waals surface area contributed by atoms with Crippen LogP contribution in [0, 0.1) is 0 Å². The first kappa shape index (κ1) is 20.4. The van der Waals surface area contributed by atoms with E-state index in [-0.39, 0.29) is 17.6 Å². The smallest absolute Gasteiger partial charge is 0.253 e. The number of para-hydroxylation sites is 1. The van der Waals surface area contributed by atoms with Crippen molar-refractivity contribution in [3.8, 4) is 0 Å². The molecule has 2 amide bonds. The quantitative estimate of drug-likeness (QED) is 0.527. The van der Waals surface area contributed by atoms with Gasteiger partial charge in [-0.25, -0.2) is 0 Å². The van der Waals surface area contributed by atoms with Gasteiger partial charge in [-0.05, 0) is 24.0 Å². The van der Waals surface area contributed by atoms with Crippen LogP contribution < -0.4 is 10.6 Å². The second kappa shape index (κ2) is 10.3. The van der Waals surface area contributed by atoms with Gasteiger partial charge in [0.05, 0.1) is 17.0 Å². The van der Waals surface area contributed by atoms with Crippen LogP contribution in [-0.2, 0) is 11.3 Å². The first-order valence-corrected chi connectivity index (χ1v) is 11.4. The van der Waals surface area contributed by atoms with Crippen LogP contribution in [0.5, 0.6) is 0 Å². The van der Waals surface area contributed by atoms with E-state index in [1.807, 2.05) is 36.6 Å². The van der Waals surface area contributed by atoms with E-state index in [1.165, 1.54) is 34.9 Å². The van der Waals surface area contributed by atoms with Crippen molar-refractivity contribution in [2.24, 2.45) is 0 Å². The number of amides is 2. The number of rotatable bonds is 8. The van der Waals surface area contributed by atoms with E-state index in [2.05, 4.69) is 20.8 Å². The third-order valence-electron chi connectivity index (χ3n) is 3.63. The van der Waals surface area contributed by atoms with Crippen molar-refractivity contribution in [2.75, 3.05) is 17.3 Å². The molecule has 28 heavy (non-hydrogen) atoms. The number of aromatic nitrogens is 2. The van der Waals surface area contributed by atoms with E-state index < -0.39 is 0 Å². The van der Waals surface area contributed by atoms with Gasteiger partial charge >= 0.3 is 0 Å². The van der Waals surface area contributed by atoms with Crippen molar-refractivity contribution in [3.63, 3.8) is 0 Å². The maximum absolute atomic E-state index is 12.5. The van der Waals surface area contributed by atoms with Gasteiger partial charge in [0.15, 0.2) is 8.68 Å². The first-order valence-electron chi connectivity index (χ1n) is 8.37. The van der Waals surface area contributed by atoms with Crippen LogP contribution in [0.4, 0.5) is 5.69 Å². The SMILES string of the molecule is CSc1nnc(SCC(=O)Nc2ccccc2C(=O)NCc2ccccc2)s1. The molecule has 0 radical (unpaired) electrons. The van der Waals surface area contributed by atoms with Gasteiger partial charge in [-0.15, -0.1) is 10.2 Å². The lowest BCUT2D eigenvalue weighted by atomic mass is 10.1.